The number of carbonyl (C=O) groups excluding carboxylic acids is 1. The minimum Gasteiger partial charge on any atom is -0.497 e. The van der Waals surface area contributed by atoms with Gasteiger partial charge in [-0.25, -0.2) is 4.79 Å². The van der Waals surface area contributed by atoms with Crippen LogP contribution in [0.1, 0.15) is 33.2 Å². The van der Waals surface area contributed by atoms with Gasteiger partial charge in [0.05, 0.1) is 25.3 Å². The van der Waals surface area contributed by atoms with Gasteiger partial charge in [0.2, 0.25) is 0 Å². The Labute approximate surface area is 123 Å². The van der Waals surface area contributed by atoms with E-state index in [1.165, 1.54) is 0 Å². The molecular formula is C17H16O4. The number of rotatable bonds is 3. The highest BCUT2D eigenvalue weighted by molar-refractivity contribution is 5.96. The van der Waals surface area contributed by atoms with Gasteiger partial charge < -0.3 is 14.2 Å². The van der Waals surface area contributed by atoms with Crippen LogP contribution in [0.4, 0.5) is 0 Å². The summed E-state index contributed by atoms with van der Waals surface area (Å²) < 4.78 is 16.2. The Hall–Kier alpha value is -2.49. The molecule has 0 radical (unpaired) electrons. The van der Waals surface area contributed by atoms with Crippen molar-refractivity contribution >= 4 is 5.97 Å². The van der Waals surface area contributed by atoms with Gasteiger partial charge in [-0.05, 0) is 18.6 Å². The molecule has 0 aliphatic carbocycles. The number of methoxy groups -OCH3 is 2. The van der Waals surface area contributed by atoms with Crippen LogP contribution in [0.15, 0.2) is 36.4 Å². The average Bonchev–Trinajstić information content (AvgIpc) is 2.84. The molecule has 0 bridgehead atoms. The Morgan fingerprint density at radius 3 is 2.52 bits per heavy atom. The normalized spacial score (nSPS) is 16.3. The van der Waals surface area contributed by atoms with Gasteiger partial charge in [0.1, 0.15) is 11.5 Å². The van der Waals surface area contributed by atoms with Gasteiger partial charge in [-0.3, -0.25) is 0 Å². The number of hydrogen-bond acceptors (Lipinski definition) is 4. The molecule has 21 heavy (non-hydrogen) atoms. The molecule has 1 aliphatic heterocycles. The van der Waals surface area contributed by atoms with Gasteiger partial charge in [-0.2, -0.15) is 0 Å². The Bertz CT molecular complexity index is 706. The van der Waals surface area contributed by atoms with Crippen LogP contribution in [-0.4, -0.2) is 20.2 Å². The van der Waals surface area contributed by atoms with Crippen LogP contribution in [0.3, 0.4) is 0 Å². The average molecular weight is 284 g/mol. The molecule has 0 N–H and O–H groups in total. The molecule has 4 heteroatoms. The predicted octanol–water partition coefficient (Wildman–Crippen LogP) is 3.27. The van der Waals surface area contributed by atoms with Crippen molar-refractivity contribution < 1.29 is 19.0 Å². The van der Waals surface area contributed by atoms with Crippen molar-refractivity contribution in [3.63, 3.8) is 0 Å². The smallest absolute Gasteiger partial charge is 0.339 e. The Kier molecular flexibility index (Phi) is 3.29. The van der Waals surface area contributed by atoms with Gasteiger partial charge >= 0.3 is 5.97 Å². The quantitative estimate of drug-likeness (QED) is 0.811. The first-order valence-corrected chi connectivity index (χ1v) is 6.68. The van der Waals surface area contributed by atoms with E-state index in [-0.39, 0.29) is 5.97 Å². The highest BCUT2D eigenvalue weighted by Gasteiger charge is 2.36. The van der Waals surface area contributed by atoms with E-state index >= 15 is 0 Å². The van der Waals surface area contributed by atoms with Crippen LogP contribution in [0, 0.1) is 6.92 Å². The van der Waals surface area contributed by atoms with Gasteiger partial charge in [0.25, 0.3) is 0 Å². The van der Waals surface area contributed by atoms with E-state index in [2.05, 4.69) is 0 Å². The Morgan fingerprint density at radius 2 is 1.86 bits per heavy atom. The highest BCUT2D eigenvalue weighted by Crippen LogP contribution is 2.44. The van der Waals surface area contributed by atoms with Gasteiger partial charge in [0.15, 0.2) is 6.10 Å². The summed E-state index contributed by atoms with van der Waals surface area (Å²) in [5.41, 5.74) is 3.30. The second-order valence-electron chi connectivity index (χ2n) is 4.93. The standard InChI is InChI=1S/C17H16O4/c1-10-6-4-5-7-12(10)16-15-13(17(18)21-16)8-11(19-2)9-14(15)20-3/h4-9,16H,1-3H3/t16-/m0/s1. The van der Waals surface area contributed by atoms with E-state index in [1.807, 2.05) is 31.2 Å². The summed E-state index contributed by atoms with van der Waals surface area (Å²) in [6, 6.07) is 11.3. The molecule has 0 saturated carbocycles. The maximum Gasteiger partial charge on any atom is 0.339 e. The van der Waals surface area contributed by atoms with Crippen molar-refractivity contribution in [3.05, 3.63) is 58.7 Å². The lowest BCUT2D eigenvalue weighted by atomic mass is 9.95. The Balaban J connectivity index is 2.19. The van der Waals surface area contributed by atoms with Crippen molar-refractivity contribution in [2.45, 2.75) is 13.0 Å². The number of aryl methyl sites for hydroxylation is 1. The van der Waals surface area contributed by atoms with Crippen LogP contribution in [0.2, 0.25) is 0 Å². The molecule has 1 atom stereocenters. The zero-order valence-corrected chi connectivity index (χ0v) is 12.2. The molecular weight excluding hydrogens is 268 g/mol. The summed E-state index contributed by atoms with van der Waals surface area (Å²) in [7, 11) is 3.13. The van der Waals surface area contributed by atoms with Crippen LogP contribution in [0.5, 0.6) is 11.5 Å². The molecule has 2 aromatic carbocycles. The van der Waals surface area contributed by atoms with Crippen molar-refractivity contribution in [1.29, 1.82) is 0 Å². The molecule has 108 valence electrons. The third-order valence-corrected chi connectivity index (χ3v) is 3.75. The lowest BCUT2D eigenvalue weighted by Gasteiger charge is -2.16. The first-order valence-electron chi connectivity index (χ1n) is 6.68. The van der Waals surface area contributed by atoms with Gasteiger partial charge in [-0.15, -0.1) is 0 Å². The minimum absolute atomic E-state index is 0.351. The number of cyclic esters (lactones) is 1. The lowest BCUT2D eigenvalue weighted by Crippen LogP contribution is -2.04. The van der Waals surface area contributed by atoms with E-state index in [4.69, 9.17) is 14.2 Å². The number of fused-ring (bicyclic) bond motifs is 1. The summed E-state index contributed by atoms with van der Waals surface area (Å²) in [5, 5.41) is 0. The molecule has 3 rings (SSSR count). The van der Waals surface area contributed by atoms with Crippen LogP contribution < -0.4 is 9.47 Å². The highest BCUT2D eigenvalue weighted by atomic mass is 16.6. The van der Waals surface area contributed by atoms with E-state index < -0.39 is 6.10 Å². The second-order valence-corrected chi connectivity index (χ2v) is 4.93. The van der Waals surface area contributed by atoms with Crippen LogP contribution in [-0.2, 0) is 4.74 Å². The largest absolute Gasteiger partial charge is 0.497 e. The van der Waals surface area contributed by atoms with Crippen molar-refractivity contribution in [2.75, 3.05) is 14.2 Å². The molecule has 0 fully saturated rings. The number of hydrogen-bond donors (Lipinski definition) is 0. The zero-order valence-electron chi connectivity index (χ0n) is 12.2. The molecule has 1 heterocycles. The topological polar surface area (TPSA) is 44.8 Å². The molecule has 0 spiro atoms. The maximum atomic E-state index is 12.2. The van der Waals surface area contributed by atoms with Crippen molar-refractivity contribution in [2.24, 2.45) is 0 Å². The third-order valence-electron chi connectivity index (χ3n) is 3.75. The van der Waals surface area contributed by atoms with Crippen molar-refractivity contribution in [1.82, 2.24) is 0 Å². The number of esters is 1. The number of carbonyl (C=O) groups is 1. The molecule has 1 aliphatic rings. The molecule has 0 aromatic heterocycles. The first-order chi connectivity index (χ1) is 10.2. The number of benzene rings is 2. The fourth-order valence-electron chi connectivity index (χ4n) is 2.66. The summed E-state index contributed by atoms with van der Waals surface area (Å²) in [6.07, 6.45) is -0.436. The predicted molar refractivity (Wildman–Crippen MR) is 78.0 cm³/mol. The van der Waals surface area contributed by atoms with E-state index in [9.17, 15) is 4.79 Å². The van der Waals surface area contributed by atoms with Crippen LogP contribution >= 0.6 is 0 Å². The molecule has 2 aromatic rings. The molecule has 0 saturated heterocycles. The zero-order chi connectivity index (χ0) is 15.0. The second kappa shape index (κ2) is 5.13. The third kappa shape index (κ3) is 2.13. The lowest BCUT2D eigenvalue weighted by molar-refractivity contribution is 0.0453. The maximum absolute atomic E-state index is 12.2. The van der Waals surface area contributed by atoms with Gasteiger partial charge in [-0.1, -0.05) is 24.3 Å². The molecule has 0 amide bonds. The van der Waals surface area contributed by atoms with Gasteiger partial charge in [0, 0.05) is 11.6 Å². The molecule has 0 unspecified atom stereocenters. The fraction of sp³-hybridized carbons (Fsp3) is 0.235. The van der Waals surface area contributed by atoms with E-state index in [1.54, 1.807) is 26.4 Å². The number of ether oxygens (including phenoxy) is 3. The molecule has 4 nitrogen and oxygen atoms in total. The SMILES string of the molecule is COc1cc(OC)c2c(c1)C(=O)O[C@H]2c1ccccc1C. The van der Waals surface area contributed by atoms with Crippen LogP contribution in [0.25, 0.3) is 0 Å². The summed E-state index contributed by atoms with van der Waals surface area (Å²) in [5.74, 6) is 0.826. The van der Waals surface area contributed by atoms with E-state index in [0.717, 1.165) is 16.7 Å². The first kappa shape index (κ1) is 13.5. The Morgan fingerprint density at radius 1 is 1.10 bits per heavy atom. The summed E-state index contributed by atoms with van der Waals surface area (Å²) >= 11 is 0. The van der Waals surface area contributed by atoms with Crippen molar-refractivity contribution in [3.8, 4) is 11.5 Å². The summed E-state index contributed by atoms with van der Waals surface area (Å²) in [4.78, 5) is 12.2. The monoisotopic (exact) mass is 284 g/mol. The van der Waals surface area contributed by atoms with E-state index in [0.29, 0.717) is 17.1 Å². The fourth-order valence-corrected chi connectivity index (χ4v) is 2.66. The minimum atomic E-state index is -0.436. The summed E-state index contributed by atoms with van der Waals surface area (Å²) in [6.45, 7) is 2.00.